The molecular formula is C13H13F6NO2S. The fourth-order valence-electron chi connectivity index (χ4n) is 1.58. The van der Waals surface area contributed by atoms with E-state index in [1.54, 1.807) is 0 Å². The van der Waals surface area contributed by atoms with Crippen molar-refractivity contribution in [1.29, 1.82) is 0 Å². The lowest BCUT2D eigenvalue weighted by molar-refractivity contribution is -0.180. The molecule has 23 heavy (non-hydrogen) atoms. The zero-order chi connectivity index (χ0) is 18.3. The number of rotatable bonds is 4. The average molecular weight is 361 g/mol. The van der Waals surface area contributed by atoms with Crippen LogP contribution < -0.4 is 4.72 Å². The molecule has 0 radical (unpaired) electrons. The van der Waals surface area contributed by atoms with Gasteiger partial charge in [-0.1, -0.05) is 18.7 Å². The topological polar surface area (TPSA) is 46.2 Å². The molecule has 0 aliphatic rings. The van der Waals surface area contributed by atoms with Crippen molar-refractivity contribution in [2.75, 3.05) is 0 Å². The molecule has 10 heteroatoms. The molecule has 1 aromatic carbocycles. The molecule has 1 N–H and O–H groups in total. The summed E-state index contributed by atoms with van der Waals surface area (Å²) in [5.74, 6) is 0. The Morgan fingerprint density at radius 1 is 1.09 bits per heavy atom. The van der Waals surface area contributed by atoms with Crippen LogP contribution >= 0.6 is 0 Å². The summed E-state index contributed by atoms with van der Waals surface area (Å²) in [5.41, 5.74) is -4.53. The van der Waals surface area contributed by atoms with Gasteiger partial charge in [0.25, 0.3) is 0 Å². The molecule has 0 amide bonds. The van der Waals surface area contributed by atoms with Crippen LogP contribution in [0.15, 0.2) is 29.7 Å². The van der Waals surface area contributed by atoms with Crippen molar-refractivity contribution in [2.45, 2.75) is 36.6 Å². The highest BCUT2D eigenvalue weighted by atomic mass is 32.2. The van der Waals surface area contributed by atoms with Crippen LogP contribution in [0.2, 0.25) is 0 Å². The molecule has 0 aliphatic carbocycles. The average Bonchev–Trinajstić information content (AvgIpc) is 2.34. The number of nitrogens with one attached hydrogen (secondary N) is 1. The van der Waals surface area contributed by atoms with Gasteiger partial charge in [-0.25, -0.2) is 8.42 Å². The Bertz CT molecular complexity index is 704. The highest BCUT2D eigenvalue weighted by Gasteiger charge is 2.50. The van der Waals surface area contributed by atoms with E-state index in [4.69, 9.17) is 0 Å². The van der Waals surface area contributed by atoms with E-state index < -0.39 is 38.4 Å². The molecule has 0 aliphatic heterocycles. The molecule has 0 atom stereocenters. The van der Waals surface area contributed by atoms with Crippen LogP contribution in [0.1, 0.15) is 25.0 Å². The Morgan fingerprint density at radius 2 is 1.61 bits per heavy atom. The summed E-state index contributed by atoms with van der Waals surface area (Å²) in [6.07, 6.45) is -9.00. The van der Waals surface area contributed by atoms with Gasteiger partial charge in [-0.15, -0.1) is 0 Å². The van der Waals surface area contributed by atoms with Crippen molar-refractivity contribution in [2.24, 2.45) is 0 Å². The lowest BCUT2D eigenvalue weighted by Gasteiger charge is -2.29. The summed E-state index contributed by atoms with van der Waals surface area (Å²) in [7, 11) is -5.06. The summed E-state index contributed by atoms with van der Waals surface area (Å²) in [6.45, 7) is 4.28. The van der Waals surface area contributed by atoms with Gasteiger partial charge in [0.05, 0.1) is 10.5 Å². The number of hydrogen-bond acceptors (Lipinski definition) is 2. The van der Waals surface area contributed by atoms with Crippen molar-refractivity contribution in [3.63, 3.8) is 0 Å². The van der Waals surface area contributed by atoms with Gasteiger partial charge in [-0.3, -0.25) is 0 Å². The Hall–Kier alpha value is -1.55. The Morgan fingerprint density at radius 3 is 2.00 bits per heavy atom. The molecule has 130 valence electrons. The maximum atomic E-state index is 13.0. The first kappa shape index (κ1) is 19.5. The van der Waals surface area contributed by atoms with E-state index in [1.807, 2.05) is 0 Å². The Labute approximate surface area is 129 Å². The summed E-state index contributed by atoms with van der Waals surface area (Å²) >= 11 is 0. The minimum Gasteiger partial charge on any atom is -0.207 e. The third-order valence-electron chi connectivity index (χ3n) is 2.93. The number of halogens is 6. The first-order chi connectivity index (χ1) is 10.1. The van der Waals surface area contributed by atoms with Gasteiger partial charge in [0, 0.05) is 0 Å². The highest BCUT2D eigenvalue weighted by molar-refractivity contribution is 7.89. The van der Waals surface area contributed by atoms with E-state index in [1.165, 1.54) is 4.72 Å². The summed E-state index contributed by atoms with van der Waals surface area (Å²) in [5, 5.41) is 0. The molecule has 0 heterocycles. The van der Waals surface area contributed by atoms with E-state index in [9.17, 15) is 34.8 Å². The fraction of sp³-hybridized carbons (Fsp3) is 0.385. The minimum absolute atomic E-state index is 0.0219. The smallest absolute Gasteiger partial charge is 0.207 e. The monoisotopic (exact) mass is 361 g/mol. The van der Waals surface area contributed by atoms with Crippen LogP contribution in [0.4, 0.5) is 26.3 Å². The lowest BCUT2D eigenvalue weighted by atomic mass is 10.1. The second kappa shape index (κ2) is 5.82. The predicted octanol–water partition coefficient (Wildman–Crippen LogP) is 3.97. The van der Waals surface area contributed by atoms with Crippen molar-refractivity contribution >= 4 is 16.1 Å². The largest absolute Gasteiger partial charge is 0.417 e. The maximum absolute atomic E-state index is 13.0. The normalized spacial score (nSPS) is 13.9. The molecule has 0 unspecified atom stereocenters. The van der Waals surface area contributed by atoms with E-state index in [0.717, 1.165) is 12.1 Å². The van der Waals surface area contributed by atoms with E-state index >= 15 is 0 Å². The first-order valence-corrected chi connectivity index (χ1v) is 7.54. The maximum Gasteiger partial charge on any atom is 0.417 e. The first-order valence-electron chi connectivity index (χ1n) is 6.06. The van der Waals surface area contributed by atoms with Gasteiger partial charge in [0.15, 0.2) is 0 Å². The summed E-state index contributed by atoms with van der Waals surface area (Å²) in [6, 6.07) is 2.11. The van der Waals surface area contributed by atoms with Crippen molar-refractivity contribution < 1.29 is 34.8 Å². The summed E-state index contributed by atoms with van der Waals surface area (Å²) in [4.78, 5) is -1.28. The molecule has 3 nitrogen and oxygen atoms in total. The van der Waals surface area contributed by atoms with Crippen molar-refractivity contribution in [3.05, 3.63) is 35.9 Å². The summed E-state index contributed by atoms with van der Waals surface area (Å²) < 4.78 is 103. The van der Waals surface area contributed by atoms with Crippen LogP contribution in [0.25, 0.3) is 6.08 Å². The van der Waals surface area contributed by atoms with Gasteiger partial charge in [0.2, 0.25) is 10.0 Å². The fourth-order valence-corrected chi connectivity index (χ4v) is 3.19. The minimum atomic E-state index is -5.06. The standard InChI is InChI=1S/C13H13F6NO2S/c1-4-8-5-6-10(9(7-8)12(14,15)16)23(21,22)20-11(2,3)13(17,18)19/h4-7,20H,1H2,2-3H3. The van der Waals surface area contributed by atoms with Gasteiger partial charge >= 0.3 is 12.4 Å². The van der Waals surface area contributed by atoms with Crippen LogP contribution in [0, 0.1) is 0 Å². The highest BCUT2D eigenvalue weighted by Crippen LogP contribution is 2.37. The molecule has 1 aromatic rings. The van der Waals surface area contributed by atoms with E-state index in [-0.39, 0.29) is 5.56 Å². The van der Waals surface area contributed by atoms with Gasteiger partial charge in [-0.05, 0) is 31.5 Å². The van der Waals surface area contributed by atoms with E-state index in [2.05, 4.69) is 6.58 Å². The number of benzene rings is 1. The Balaban J connectivity index is 3.48. The van der Waals surface area contributed by atoms with Crippen LogP contribution in [-0.2, 0) is 16.2 Å². The quantitative estimate of drug-likeness (QED) is 0.825. The van der Waals surface area contributed by atoms with Crippen molar-refractivity contribution in [1.82, 2.24) is 4.72 Å². The number of alkyl halides is 6. The molecule has 0 saturated heterocycles. The third kappa shape index (κ3) is 4.25. The zero-order valence-electron chi connectivity index (χ0n) is 12.0. The lowest BCUT2D eigenvalue weighted by Crippen LogP contribution is -2.54. The molecule has 0 spiro atoms. The van der Waals surface area contributed by atoms with Crippen LogP contribution in [0.3, 0.4) is 0 Å². The van der Waals surface area contributed by atoms with Gasteiger partial charge < -0.3 is 0 Å². The predicted molar refractivity (Wildman–Crippen MR) is 72.0 cm³/mol. The molecule has 0 aromatic heterocycles. The molecule has 1 rings (SSSR count). The zero-order valence-corrected chi connectivity index (χ0v) is 12.8. The second-order valence-electron chi connectivity index (χ2n) is 5.19. The van der Waals surface area contributed by atoms with E-state index in [0.29, 0.717) is 26.0 Å². The molecular weight excluding hydrogens is 348 g/mol. The van der Waals surface area contributed by atoms with Crippen LogP contribution in [-0.4, -0.2) is 20.1 Å². The number of sulfonamides is 1. The van der Waals surface area contributed by atoms with Gasteiger partial charge in [-0.2, -0.15) is 31.1 Å². The second-order valence-corrected chi connectivity index (χ2v) is 6.84. The Kier molecular flexibility index (Phi) is 4.94. The van der Waals surface area contributed by atoms with Crippen LogP contribution in [0.5, 0.6) is 0 Å². The molecule has 0 bridgehead atoms. The molecule has 0 fully saturated rings. The molecule has 0 saturated carbocycles. The number of hydrogen-bond donors (Lipinski definition) is 1. The van der Waals surface area contributed by atoms with Crippen molar-refractivity contribution in [3.8, 4) is 0 Å². The van der Waals surface area contributed by atoms with Gasteiger partial charge in [0.1, 0.15) is 5.54 Å². The third-order valence-corrected chi connectivity index (χ3v) is 4.65. The SMILES string of the molecule is C=Cc1ccc(S(=O)(=O)NC(C)(C)C(F)(F)F)c(C(F)(F)F)c1.